The Labute approximate surface area is 182 Å². The zero-order valence-electron chi connectivity index (χ0n) is 15.9. The summed E-state index contributed by atoms with van der Waals surface area (Å²) in [5.41, 5.74) is 0.448. The van der Waals surface area contributed by atoms with Crippen LogP contribution in [0.3, 0.4) is 0 Å². The van der Waals surface area contributed by atoms with Crippen molar-refractivity contribution in [3.63, 3.8) is 0 Å². The monoisotopic (exact) mass is 464 g/mol. The lowest BCUT2D eigenvalue weighted by molar-refractivity contribution is -0.149. The van der Waals surface area contributed by atoms with Crippen molar-refractivity contribution in [2.24, 2.45) is 0 Å². The minimum Gasteiger partial charge on any atom is -0.454 e. The second-order valence-corrected chi connectivity index (χ2v) is 7.51. The number of alkyl halides is 4. The van der Waals surface area contributed by atoms with E-state index < -0.39 is 40.7 Å². The normalized spacial score (nSPS) is 19.8. The SMILES string of the molecule is O=C(NN1C(=O)C(Cl)C1c1ccc2c(c1)OCO2)c1cc2cccnc2nc1C(F)(F)F. The van der Waals surface area contributed by atoms with E-state index in [1.165, 1.54) is 18.3 Å². The first-order valence-electron chi connectivity index (χ1n) is 9.24. The molecule has 164 valence electrons. The lowest BCUT2D eigenvalue weighted by Crippen LogP contribution is -2.63. The number of ether oxygens (including phenoxy) is 2. The molecule has 5 rings (SSSR count). The summed E-state index contributed by atoms with van der Waals surface area (Å²) in [6, 6.07) is 8.04. The van der Waals surface area contributed by atoms with Gasteiger partial charge in [0.15, 0.2) is 22.8 Å². The van der Waals surface area contributed by atoms with Crippen LogP contribution in [0.5, 0.6) is 11.5 Å². The quantitative estimate of drug-likeness (QED) is 0.472. The zero-order valence-corrected chi connectivity index (χ0v) is 16.6. The number of hydrogen-bond acceptors (Lipinski definition) is 6. The number of rotatable bonds is 3. The molecule has 0 radical (unpaired) electrons. The molecule has 12 heteroatoms. The molecule has 2 aliphatic heterocycles. The van der Waals surface area contributed by atoms with Gasteiger partial charge in [-0.05, 0) is 35.9 Å². The van der Waals surface area contributed by atoms with E-state index in [4.69, 9.17) is 21.1 Å². The fourth-order valence-corrected chi connectivity index (χ4v) is 3.92. The third-order valence-corrected chi connectivity index (χ3v) is 5.52. The topological polar surface area (TPSA) is 93.7 Å². The molecule has 1 N–H and O–H groups in total. The Bertz CT molecular complexity index is 1270. The van der Waals surface area contributed by atoms with Gasteiger partial charge in [0.25, 0.3) is 11.8 Å². The molecular weight excluding hydrogens is 453 g/mol. The van der Waals surface area contributed by atoms with Gasteiger partial charge >= 0.3 is 6.18 Å². The molecular formula is C20H12ClF3N4O4. The maximum absolute atomic E-state index is 13.6. The van der Waals surface area contributed by atoms with E-state index in [2.05, 4.69) is 15.4 Å². The van der Waals surface area contributed by atoms with Gasteiger partial charge in [0.05, 0.1) is 5.56 Å². The van der Waals surface area contributed by atoms with Gasteiger partial charge in [-0.15, -0.1) is 11.6 Å². The first-order valence-corrected chi connectivity index (χ1v) is 9.68. The molecule has 0 bridgehead atoms. The molecule has 32 heavy (non-hydrogen) atoms. The number of benzene rings is 1. The number of hydrogen-bond donors (Lipinski definition) is 1. The third-order valence-electron chi connectivity index (χ3n) is 5.09. The Morgan fingerprint density at radius 3 is 2.75 bits per heavy atom. The van der Waals surface area contributed by atoms with Crippen LogP contribution in [0.15, 0.2) is 42.6 Å². The number of halogens is 4. The molecule has 2 atom stereocenters. The van der Waals surface area contributed by atoms with Crippen molar-refractivity contribution < 1.29 is 32.2 Å². The van der Waals surface area contributed by atoms with Gasteiger partial charge in [-0.2, -0.15) is 13.2 Å². The van der Waals surface area contributed by atoms with E-state index in [1.807, 2.05) is 0 Å². The maximum atomic E-state index is 13.6. The molecule has 1 fully saturated rings. The predicted molar refractivity (Wildman–Crippen MR) is 104 cm³/mol. The van der Waals surface area contributed by atoms with E-state index in [1.54, 1.807) is 18.2 Å². The van der Waals surface area contributed by atoms with Crippen molar-refractivity contribution in [3.05, 3.63) is 59.4 Å². The van der Waals surface area contributed by atoms with Gasteiger partial charge in [-0.1, -0.05) is 6.07 Å². The van der Waals surface area contributed by atoms with Gasteiger partial charge in [0.1, 0.15) is 11.4 Å². The molecule has 1 saturated heterocycles. The first kappa shape index (κ1) is 20.3. The Hall–Kier alpha value is -3.60. The predicted octanol–water partition coefficient (Wildman–Crippen LogP) is 3.21. The average Bonchev–Trinajstić information content (AvgIpc) is 3.24. The molecule has 2 unspecified atom stereocenters. The fourth-order valence-electron chi connectivity index (χ4n) is 3.56. The van der Waals surface area contributed by atoms with Gasteiger partial charge in [0.2, 0.25) is 6.79 Å². The van der Waals surface area contributed by atoms with Crippen LogP contribution in [0.1, 0.15) is 27.7 Å². The standard InChI is InChI=1S/C20H12ClF3N4O4/c21-14-15(9-3-4-12-13(7-9)32-8-31-12)28(19(14)30)27-18(29)11-6-10-2-1-5-25-17(10)26-16(11)20(22,23)24/h1-7,14-15H,8H2,(H,27,29). The average molecular weight is 465 g/mol. The van der Waals surface area contributed by atoms with Crippen LogP contribution in [0.25, 0.3) is 11.0 Å². The zero-order chi connectivity index (χ0) is 22.6. The molecule has 2 aromatic heterocycles. The van der Waals surface area contributed by atoms with Crippen molar-refractivity contribution in [1.29, 1.82) is 0 Å². The summed E-state index contributed by atoms with van der Waals surface area (Å²) >= 11 is 6.14. The van der Waals surface area contributed by atoms with Gasteiger partial charge < -0.3 is 9.47 Å². The third kappa shape index (κ3) is 3.25. The highest BCUT2D eigenvalue weighted by Crippen LogP contribution is 2.42. The summed E-state index contributed by atoms with van der Waals surface area (Å²) in [4.78, 5) is 32.4. The molecule has 4 heterocycles. The minimum absolute atomic E-state index is 0.0389. The minimum atomic E-state index is -4.91. The van der Waals surface area contributed by atoms with E-state index in [0.717, 1.165) is 11.1 Å². The number of carbonyl (C=O) groups is 2. The van der Waals surface area contributed by atoms with Crippen LogP contribution in [0.2, 0.25) is 0 Å². The summed E-state index contributed by atoms with van der Waals surface area (Å²) in [6.45, 7) is 0.0389. The largest absolute Gasteiger partial charge is 0.454 e. The number of β-lactam (4-membered cyclic amide) rings is 1. The Kier molecular flexibility index (Phi) is 4.59. The number of amides is 2. The second kappa shape index (κ2) is 7.23. The summed E-state index contributed by atoms with van der Waals surface area (Å²) in [5.74, 6) is -0.876. The van der Waals surface area contributed by atoms with Crippen LogP contribution in [0, 0.1) is 0 Å². The molecule has 2 amide bonds. The number of fused-ring (bicyclic) bond motifs is 2. The molecule has 0 spiro atoms. The Balaban J connectivity index is 1.47. The molecule has 1 aromatic carbocycles. The summed E-state index contributed by atoms with van der Waals surface area (Å²) < 4.78 is 51.3. The highest BCUT2D eigenvalue weighted by molar-refractivity contribution is 6.33. The molecule has 2 aliphatic rings. The molecule has 3 aromatic rings. The number of carbonyl (C=O) groups excluding carboxylic acids is 2. The smallest absolute Gasteiger partial charge is 0.434 e. The number of aromatic nitrogens is 2. The van der Waals surface area contributed by atoms with Crippen molar-refractivity contribution in [1.82, 2.24) is 20.4 Å². The van der Waals surface area contributed by atoms with Gasteiger partial charge in [0, 0.05) is 11.6 Å². The van der Waals surface area contributed by atoms with E-state index >= 15 is 0 Å². The lowest BCUT2D eigenvalue weighted by atomic mass is 9.95. The van der Waals surface area contributed by atoms with Gasteiger partial charge in [-0.25, -0.2) is 15.0 Å². The summed E-state index contributed by atoms with van der Waals surface area (Å²) in [5, 5.41) is 0.116. The summed E-state index contributed by atoms with van der Waals surface area (Å²) in [6.07, 6.45) is -3.62. The van der Waals surface area contributed by atoms with Crippen LogP contribution in [-0.2, 0) is 11.0 Å². The van der Waals surface area contributed by atoms with Gasteiger partial charge in [-0.3, -0.25) is 15.0 Å². The Morgan fingerprint density at radius 1 is 1.19 bits per heavy atom. The van der Waals surface area contributed by atoms with Crippen molar-refractivity contribution in [2.75, 3.05) is 6.79 Å². The maximum Gasteiger partial charge on any atom is 0.434 e. The van der Waals surface area contributed by atoms with E-state index in [0.29, 0.717) is 17.1 Å². The molecule has 8 nitrogen and oxygen atoms in total. The second-order valence-electron chi connectivity index (χ2n) is 7.04. The molecule has 0 saturated carbocycles. The fraction of sp³-hybridized carbons (Fsp3) is 0.200. The van der Waals surface area contributed by atoms with Crippen LogP contribution in [-0.4, -0.2) is 39.0 Å². The van der Waals surface area contributed by atoms with Crippen LogP contribution < -0.4 is 14.9 Å². The van der Waals surface area contributed by atoms with Crippen LogP contribution in [0.4, 0.5) is 13.2 Å². The van der Waals surface area contributed by atoms with E-state index in [9.17, 15) is 22.8 Å². The number of nitrogens with one attached hydrogen (secondary N) is 1. The lowest BCUT2D eigenvalue weighted by Gasteiger charge is -2.44. The number of pyridine rings is 2. The molecule has 0 aliphatic carbocycles. The van der Waals surface area contributed by atoms with Crippen LogP contribution >= 0.6 is 11.6 Å². The van der Waals surface area contributed by atoms with Crippen molar-refractivity contribution in [2.45, 2.75) is 17.6 Å². The first-order chi connectivity index (χ1) is 15.2. The van der Waals surface area contributed by atoms with Crippen molar-refractivity contribution >= 4 is 34.4 Å². The highest BCUT2D eigenvalue weighted by atomic mass is 35.5. The van der Waals surface area contributed by atoms with Crippen molar-refractivity contribution in [3.8, 4) is 11.5 Å². The number of nitrogens with zero attached hydrogens (tertiary/aromatic N) is 3. The summed E-state index contributed by atoms with van der Waals surface area (Å²) in [7, 11) is 0. The highest BCUT2D eigenvalue weighted by Gasteiger charge is 2.49. The Morgan fingerprint density at radius 2 is 1.97 bits per heavy atom. The number of hydrazine groups is 1. The van der Waals surface area contributed by atoms with E-state index in [-0.39, 0.29) is 17.8 Å².